The highest BCUT2D eigenvalue weighted by molar-refractivity contribution is 8.15. The predicted octanol–water partition coefficient (Wildman–Crippen LogP) is 3.75. The van der Waals surface area contributed by atoms with Crippen molar-refractivity contribution in [3.05, 3.63) is 51.7 Å². The number of nitrogens with one attached hydrogen (secondary N) is 1. The Hall–Kier alpha value is -2.65. The normalized spacial score (nSPS) is 18.1. The molecule has 1 aromatic heterocycles. The number of thiophene rings is 1. The Labute approximate surface area is 195 Å². The molecule has 1 fully saturated rings. The molecule has 9 heteroatoms. The summed E-state index contributed by atoms with van der Waals surface area (Å²) in [7, 11) is 1.78. The number of carbonyl (C=O) groups is 3. The molecule has 2 aliphatic heterocycles. The molecule has 0 bridgehead atoms. The molecule has 2 aliphatic rings. The quantitative estimate of drug-likeness (QED) is 0.695. The number of hydrogen-bond acceptors (Lipinski definition) is 6. The number of aryl methyl sites for hydroxylation is 1. The van der Waals surface area contributed by atoms with Gasteiger partial charge in [0.15, 0.2) is 5.17 Å². The lowest BCUT2D eigenvalue weighted by Crippen LogP contribution is -2.26. The van der Waals surface area contributed by atoms with E-state index >= 15 is 0 Å². The highest BCUT2D eigenvalue weighted by Crippen LogP contribution is 2.29. The summed E-state index contributed by atoms with van der Waals surface area (Å²) in [5.74, 6) is -0.551. The summed E-state index contributed by atoms with van der Waals surface area (Å²) in [6, 6.07) is 8.89. The number of hydrogen-bond donors (Lipinski definition) is 1. The van der Waals surface area contributed by atoms with E-state index in [9.17, 15) is 14.4 Å². The summed E-state index contributed by atoms with van der Waals surface area (Å²) in [5.41, 5.74) is 2.34. The molecule has 1 aromatic carbocycles. The number of benzene rings is 1. The first kappa shape index (κ1) is 22.5. The van der Waals surface area contributed by atoms with Gasteiger partial charge in [0.25, 0.3) is 11.8 Å². The Morgan fingerprint density at radius 1 is 1.19 bits per heavy atom. The Kier molecular flexibility index (Phi) is 6.95. The molecule has 168 valence electrons. The Balaban J connectivity index is 1.28. The maximum Gasteiger partial charge on any atom is 0.262 e. The van der Waals surface area contributed by atoms with Crippen molar-refractivity contribution >= 4 is 51.7 Å². The molecule has 0 unspecified atom stereocenters. The van der Waals surface area contributed by atoms with Gasteiger partial charge >= 0.3 is 0 Å². The Morgan fingerprint density at radius 2 is 1.91 bits per heavy atom. The minimum Gasteiger partial charge on any atom is -0.351 e. The largest absolute Gasteiger partial charge is 0.351 e. The van der Waals surface area contributed by atoms with Gasteiger partial charge in [-0.15, -0.1) is 11.3 Å². The number of likely N-dealkylation sites (tertiary alicyclic amines) is 1. The summed E-state index contributed by atoms with van der Waals surface area (Å²) in [4.78, 5) is 46.5. The molecule has 0 aliphatic carbocycles. The number of amidine groups is 1. The van der Waals surface area contributed by atoms with Gasteiger partial charge in [-0.05, 0) is 61.0 Å². The fourth-order valence-corrected chi connectivity index (χ4v) is 5.78. The van der Waals surface area contributed by atoms with Crippen LogP contribution >= 0.6 is 23.1 Å². The van der Waals surface area contributed by atoms with Crippen LogP contribution in [0.5, 0.6) is 0 Å². The molecule has 1 atom stereocenters. The minimum absolute atomic E-state index is 0.0739. The van der Waals surface area contributed by atoms with Gasteiger partial charge in [-0.1, -0.05) is 11.8 Å². The molecule has 3 amide bonds. The maximum atomic E-state index is 12.7. The fourth-order valence-electron chi connectivity index (χ4n) is 3.70. The zero-order valence-corrected chi connectivity index (χ0v) is 19.8. The van der Waals surface area contributed by atoms with Crippen LogP contribution in [0.1, 0.15) is 40.1 Å². The molecule has 4 rings (SSSR count). The molecule has 1 saturated heterocycles. The number of amides is 3. The van der Waals surface area contributed by atoms with E-state index in [1.807, 2.05) is 18.4 Å². The lowest BCUT2D eigenvalue weighted by atomic mass is 10.1. The van der Waals surface area contributed by atoms with Crippen molar-refractivity contribution in [3.8, 4) is 0 Å². The summed E-state index contributed by atoms with van der Waals surface area (Å²) < 4.78 is 0. The fraction of sp³-hybridized carbons (Fsp3) is 0.391. The van der Waals surface area contributed by atoms with Crippen LogP contribution in [0.4, 0.5) is 5.69 Å². The van der Waals surface area contributed by atoms with Crippen LogP contribution in [-0.2, 0) is 16.1 Å². The zero-order valence-electron chi connectivity index (χ0n) is 18.2. The third-order valence-corrected chi connectivity index (χ3v) is 7.81. The van der Waals surface area contributed by atoms with Crippen LogP contribution in [-0.4, -0.2) is 58.1 Å². The predicted molar refractivity (Wildman–Crippen MR) is 129 cm³/mol. The van der Waals surface area contributed by atoms with E-state index in [1.54, 1.807) is 47.5 Å². The smallest absolute Gasteiger partial charge is 0.262 e. The number of rotatable bonds is 6. The average Bonchev–Trinajstić information content (AvgIpc) is 3.51. The number of aliphatic imine (C=N–C) groups is 1. The number of thioether (sulfide) groups is 1. The second kappa shape index (κ2) is 9.87. The Morgan fingerprint density at radius 3 is 2.56 bits per heavy atom. The molecule has 0 saturated carbocycles. The first-order valence-corrected chi connectivity index (χ1v) is 12.4. The summed E-state index contributed by atoms with van der Waals surface area (Å²) in [6.45, 7) is 4.45. The standard InChI is InChI=1S/C23H26N4O3S2/c1-15-9-12-31-19(15)14-26(2)22(30)16-5-7-17(8-6-16)24-20(28)13-18-21(29)25-23(32-18)27-10-3-4-11-27/h5-9,12,18H,3-4,10-11,13-14H2,1-2H3,(H,24,28)/t18-/m0/s1. The van der Waals surface area contributed by atoms with Crippen molar-refractivity contribution < 1.29 is 14.4 Å². The van der Waals surface area contributed by atoms with Gasteiger partial charge in [0, 0.05) is 42.7 Å². The van der Waals surface area contributed by atoms with Crippen LogP contribution in [0.25, 0.3) is 0 Å². The van der Waals surface area contributed by atoms with Crippen molar-refractivity contribution in [1.82, 2.24) is 9.80 Å². The number of nitrogens with zero attached hydrogens (tertiary/aromatic N) is 3. The van der Waals surface area contributed by atoms with Gasteiger partial charge < -0.3 is 15.1 Å². The topological polar surface area (TPSA) is 82.1 Å². The molecule has 0 radical (unpaired) electrons. The molecule has 3 heterocycles. The summed E-state index contributed by atoms with van der Waals surface area (Å²) in [5, 5.41) is 5.12. The molecule has 0 spiro atoms. The molecular formula is C23H26N4O3S2. The van der Waals surface area contributed by atoms with Crippen LogP contribution in [0, 0.1) is 6.92 Å². The van der Waals surface area contributed by atoms with Gasteiger partial charge in [0.05, 0.1) is 6.54 Å². The van der Waals surface area contributed by atoms with E-state index in [0.29, 0.717) is 17.8 Å². The van der Waals surface area contributed by atoms with E-state index in [4.69, 9.17) is 0 Å². The second-order valence-corrected chi connectivity index (χ2v) is 10.2. The van der Waals surface area contributed by atoms with Gasteiger partial charge in [-0.3, -0.25) is 14.4 Å². The second-order valence-electron chi connectivity index (χ2n) is 8.05. The third-order valence-electron chi connectivity index (χ3n) is 5.59. The van der Waals surface area contributed by atoms with E-state index in [2.05, 4.69) is 15.2 Å². The molecular weight excluding hydrogens is 444 g/mol. The van der Waals surface area contributed by atoms with Crippen LogP contribution < -0.4 is 5.32 Å². The van der Waals surface area contributed by atoms with Crippen molar-refractivity contribution in [2.75, 3.05) is 25.5 Å². The SMILES string of the molecule is Cc1ccsc1CN(C)C(=O)c1ccc(NC(=O)C[C@@H]2SC(N3CCCC3)=NC2=O)cc1. The number of anilines is 1. The number of carbonyl (C=O) groups excluding carboxylic acids is 3. The van der Waals surface area contributed by atoms with Gasteiger partial charge in [0.1, 0.15) is 5.25 Å². The average molecular weight is 471 g/mol. The molecule has 2 aromatic rings. The van der Waals surface area contributed by atoms with Crippen molar-refractivity contribution in [2.24, 2.45) is 4.99 Å². The lowest BCUT2D eigenvalue weighted by Gasteiger charge is -2.17. The Bertz CT molecular complexity index is 1040. The molecule has 7 nitrogen and oxygen atoms in total. The van der Waals surface area contributed by atoms with Crippen molar-refractivity contribution in [2.45, 2.75) is 38.0 Å². The zero-order chi connectivity index (χ0) is 22.7. The van der Waals surface area contributed by atoms with E-state index < -0.39 is 5.25 Å². The van der Waals surface area contributed by atoms with Crippen LogP contribution in [0.15, 0.2) is 40.7 Å². The first-order valence-electron chi connectivity index (χ1n) is 10.6. The highest BCUT2D eigenvalue weighted by Gasteiger charge is 2.33. The minimum atomic E-state index is -0.471. The summed E-state index contributed by atoms with van der Waals surface area (Å²) >= 11 is 3.02. The van der Waals surface area contributed by atoms with E-state index in [0.717, 1.165) is 31.1 Å². The highest BCUT2D eigenvalue weighted by atomic mass is 32.2. The third kappa shape index (κ3) is 5.21. The molecule has 32 heavy (non-hydrogen) atoms. The van der Waals surface area contributed by atoms with Crippen molar-refractivity contribution in [3.63, 3.8) is 0 Å². The first-order chi connectivity index (χ1) is 15.4. The maximum absolute atomic E-state index is 12.7. The van der Waals surface area contributed by atoms with E-state index in [-0.39, 0.29) is 24.1 Å². The van der Waals surface area contributed by atoms with E-state index in [1.165, 1.54) is 22.2 Å². The van der Waals surface area contributed by atoms with Gasteiger partial charge in [0.2, 0.25) is 5.91 Å². The van der Waals surface area contributed by atoms with Gasteiger partial charge in [-0.25, -0.2) is 0 Å². The van der Waals surface area contributed by atoms with Crippen LogP contribution in [0.3, 0.4) is 0 Å². The monoisotopic (exact) mass is 470 g/mol. The van der Waals surface area contributed by atoms with Crippen molar-refractivity contribution in [1.29, 1.82) is 0 Å². The summed E-state index contributed by atoms with van der Waals surface area (Å²) in [6.07, 6.45) is 2.30. The lowest BCUT2D eigenvalue weighted by molar-refractivity contribution is -0.121. The van der Waals surface area contributed by atoms with Crippen LogP contribution in [0.2, 0.25) is 0 Å². The molecule has 1 N–H and O–H groups in total. The van der Waals surface area contributed by atoms with Gasteiger partial charge in [-0.2, -0.15) is 4.99 Å².